The number of allylic oxidation sites excluding steroid dienone is 2. The van der Waals surface area contributed by atoms with Gasteiger partial charge in [0.25, 0.3) is 0 Å². The average molecular weight is 530 g/mol. The second-order valence-electron chi connectivity index (χ2n) is 8.83. The number of likely N-dealkylation sites (N-methyl/N-ethyl adjacent to an activating group) is 1. The molecule has 0 atom stereocenters. The summed E-state index contributed by atoms with van der Waals surface area (Å²) in [6, 6.07) is 3.85. The van der Waals surface area contributed by atoms with Crippen LogP contribution in [0, 0.1) is 5.41 Å². The van der Waals surface area contributed by atoms with Gasteiger partial charge in [-0.3, -0.25) is 14.5 Å². The lowest BCUT2D eigenvalue weighted by Crippen LogP contribution is -2.31. The highest BCUT2D eigenvalue weighted by atomic mass is 16.3. The van der Waals surface area contributed by atoms with Crippen LogP contribution < -0.4 is 5.73 Å². The summed E-state index contributed by atoms with van der Waals surface area (Å²) in [5.41, 5.74) is 11.3. The van der Waals surface area contributed by atoms with Gasteiger partial charge in [-0.05, 0) is 38.0 Å². The fourth-order valence-electron chi connectivity index (χ4n) is 4.23. The van der Waals surface area contributed by atoms with Crippen LogP contribution >= 0.6 is 0 Å². The topological polar surface area (TPSA) is 172 Å². The number of carbonyl (C=O) groups excluding carboxylic acids is 1. The number of nitrogens with zero attached hydrogens (tertiary/aromatic N) is 7. The van der Waals surface area contributed by atoms with Crippen molar-refractivity contribution in [2.45, 2.75) is 26.4 Å². The molecule has 0 aromatic carbocycles. The van der Waals surface area contributed by atoms with Crippen LogP contribution in [0.25, 0.3) is 28.0 Å². The minimum Gasteiger partial charge on any atom is -0.508 e. The summed E-state index contributed by atoms with van der Waals surface area (Å²) < 4.78 is 3.23. The molecule has 0 saturated carbocycles. The Morgan fingerprint density at radius 2 is 2.03 bits per heavy atom. The molecule has 0 aliphatic rings. The zero-order valence-corrected chi connectivity index (χ0v) is 21.8. The van der Waals surface area contributed by atoms with Gasteiger partial charge in [-0.1, -0.05) is 6.07 Å². The Morgan fingerprint density at radius 1 is 1.21 bits per heavy atom. The highest BCUT2D eigenvalue weighted by Crippen LogP contribution is 2.28. The third-order valence-electron chi connectivity index (χ3n) is 6.27. The first kappa shape index (κ1) is 27.2. The normalized spacial score (nSPS) is 11.9. The van der Waals surface area contributed by atoms with Crippen LogP contribution in [0.4, 0.5) is 5.82 Å². The number of carbonyl (C=O) groups is 1. The third-order valence-corrected chi connectivity index (χ3v) is 6.27. The molecule has 202 valence electrons. The summed E-state index contributed by atoms with van der Waals surface area (Å²) in [5, 5.41) is 35.4. The van der Waals surface area contributed by atoms with E-state index in [0.29, 0.717) is 48.7 Å². The van der Waals surface area contributed by atoms with E-state index in [9.17, 15) is 15.0 Å². The van der Waals surface area contributed by atoms with Gasteiger partial charge in [0.1, 0.15) is 11.6 Å². The van der Waals surface area contributed by atoms with Crippen molar-refractivity contribution in [2.75, 3.05) is 18.8 Å². The number of amides is 1. The number of aryl methyl sites for hydroxylation is 2. The average Bonchev–Trinajstić information content (AvgIpc) is 3.56. The standard InChI is InChI=1S/C27H31N9O3/c1-3-35(25(39)12-20(38)6-4-10-28)11-5-7-24-22(17-37)26(29)36-27(33-24)21(15-32-36)18-8-9-23(30-13-18)19-14-31-34(2)16-19/h4,6,8-10,12-16,28,37-38H,3,5,7,11,17,29H2,1-2H3/b6-4-,20-12-,28-10?. The Bertz CT molecular complexity index is 1530. The van der Waals surface area contributed by atoms with E-state index in [2.05, 4.69) is 15.2 Å². The number of pyridine rings is 1. The summed E-state index contributed by atoms with van der Waals surface area (Å²) >= 11 is 0. The molecule has 0 fully saturated rings. The molecule has 0 unspecified atom stereocenters. The number of nitrogen functional groups attached to an aromatic ring is 1. The van der Waals surface area contributed by atoms with Gasteiger partial charge in [0, 0.05) is 67.1 Å². The van der Waals surface area contributed by atoms with Crippen LogP contribution in [-0.2, 0) is 24.9 Å². The number of hydrogen-bond donors (Lipinski definition) is 4. The Hall–Kier alpha value is -4.84. The summed E-state index contributed by atoms with van der Waals surface area (Å²) in [5.74, 6) is -0.256. The first-order valence-electron chi connectivity index (χ1n) is 12.4. The molecular formula is C27H31N9O3. The number of anilines is 1. The monoisotopic (exact) mass is 529 g/mol. The molecular weight excluding hydrogens is 498 g/mol. The van der Waals surface area contributed by atoms with Gasteiger partial charge in [0.15, 0.2) is 5.65 Å². The maximum absolute atomic E-state index is 12.5. The van der Waals surface area contributed by atoms with E-state index in [1.165, 1.54) is 16.7 Å². The molecule has 0 spiro atoms. The SMILES string of the molecule is CCN(CCCc1nc2c(-c3ccc(-c4cnn(C)c4)nc3)cnn2c(N)c1CO)C(=O)/C=C(O)/C=C\C=N. The Kier molecular flexibility index (Phi) is 8.46. The minimum atomic E-state index is -0.338. The van der Waals surface area contributed by atoms with Gasteiger partial charge in [-0.15, -0.1) is 0 Å². The molecule has 1 amide bonds. The highest BCUT2D eigenvalue weighted by molar-refractivity contribution is 5.88. The number of aliphatic hydroxyl groups is 2. The number of rotatable bonds is 11. The fourth-order valence-corrected chi connectivity index (χ4v) is 4.23. The van der Waals surface area contributed by atoms with Crippen LogP contribution in [-0.4, -0.2) is 69.7 Å². The van der Waals surface area contributed by atoms with Crippen molar-refractivity contribution < 1.29 is 15.0 Å². The number of fused-ring (bicyclic) bond motifs is 1. The smallest absolute Gasteiger partial charge is 0.250 e. The van der Waals surface area contributed by atoms with Crippen molar-refractivity contribution in [1.82, 2.24) is 34.3 Å². The molecule has 4 rings (SSSR count). The van der Waals surface area contributed by atoms with Gasteiger partial charge < -0.3 is 26.3 Å². The van der Waals surface area contributed by atoms with Gasteiger partial charge in [-0.2, -0.15) is 14.7 Å². The highest BCUT2D eigenvalue weighted by Gasteiger charge is 2.18. The first-order chi connectivity index (χ1) is 18.9. The van der Waals surface area contributed by atoms with E-state index in [0.717, 1.165) is 34.7 Å². The lowest BCUT2D eigenvalue weighted by molar-refractivity contribution is -0.126. The summed E-state index contributed by atoms with van der Waals surface area (Å²) in [4.78, 5) is 23.5. The lowest BCUT2D eigenvalue weighted by atomic mass is 10.1. The first-order valence-corrected chi connectivity index (χ1v) is 12.4. The second-order valence-corrected chi connectivity index (χ2v) is 8.83. The zero-order chi connectivity index (χ0) is 27.9. The molecule has 0 aliphatic carbocycles. The van der Waals surface area contributed by atoms with Crippen LogP contribution in [0.5, 0.6) is 0 Å². The quantitative estimate of drug-likeness (QED) is 0.0994. The van der Waals surface area contributed by atoms with Gasteiger partial charge in [-0.25, -0.2) is 4.98 Å². The third kappa shape index (κ3) is 6.02. The molecule has 4 aromatic heterocycles. The number of aliphatic hydroxyl groups excluding tert-OH is 2. The minimum absolute atomic E-state index is 0.222. The molecule has 12 nitrogen and oxygen atoms in total. The Labute approximate surface area is 225 Å². The van der Waals surface area contributed by atoms with Crippen LogP contribution in [0.15, 0.2) is 60.9 Å². The van der Waals surface area contributed by atoms with Gasteiger partial charge >= 0.3 is 0 Å². The van der Waals surface area contributed by atoms with Crippen molar-refractivity contribution in [3.8, 4) is 22.4 Å². The largest absolute Gasteiger partial charge is 0.508 e. The van der Waals surface area contributed by atoms with Gasteiger partial charge in [0.05, 0.1) is 30.4 Å². The molecule has 39 heavy (non-hydrogen) atoms. The summed E-state index contributed by atoms with van der Waals surface area (Å²) in [7, 11) is 1.85. The fraction of sp³-hybridized carbons (Fsp3) is 0.259. The van der Waals surface area contributed by atoms with Crippen molar-refractivity contribution in [2.24, 2.45) is 7.05 Å². The van der Waals surface area contributed by atoms with E-state index in [4.69, 9.17) is 16.1 Å². The second kappa shape index (κ2) is 12.1. The van der Waals surface area contributed by atoms with Crippen LogP contribution in [0.3, 0.4) is 0 Å². The number of nitrogens with two attached hydrogens (primary N) is 1. The number of hydrogen-bond acceptors (Lipinski definition) is 9. The molecule has 0 bridgehead atoms. The maximum Gasteiger partial charge on any atom is 0.250 e. The molecule has 4 aromatic rings. The van der Waals surface area contributed by atoms with Gasteiger partial charge in [0.2, 0.25) is 5.91 Å². The molecule has 0 radical (unpaired) electrons. The van der Waals surface area contributed by atoms with Crippen molar-refractivity contribution >= 4 is 23.6 Å². The van der Waals surface area contributed by atoms with E-state index in [1.54, 1.807) is 28.2 Å². The summed E-state index contributed by atoms with van der Waals surface area (Å²) in [6.45, 7) is 2.42. The number of nitrogens with one attached hydrogen (secondary N) is 1. The van der Waals surface area contributed by atoms with Crippen LogP contribution in [0.2, 0.25) is 0 Å². The molecule has 12 heteroatoms. The molecule has 0 aliphatic heterocycles. The van der Waals surface area contributed by atoms with Crippen molar-refractivity contribution in [3.63, 3.8) is 0 Å². The Balaban J connectivity index is 1.56. The predicted molar refractivity (Wildman–Crippen MR) is 148 cm³/mol. The van der Waals surface area contributed by atoms with Crippen molar-refractivity contribution in [1.29, 1.82) is 5.41 Å². The zero-order valence-electron chi connectivity index (χ0n) is 21.8. The maximum atomic E-state index is 12.5. The van der Waals surface area contributed by atoms with E-state index >= 15 is 0 Å². The van der Waals surface area contributed by atoms with Crippen LogP contribution in [0.1, 0.15) is 24.6 Å². The lowest BCUT2D eigenvalue weighted by Gasteiger charge is -2.19. The number of aromatic nitrogens is 6. The van der Waals surface area contributed by atoms with E-state index in [1.807, 2.05) is 32.3 Å². The molecule has 5 N–H and O–H groups in total. The van der Waals surface area contributed by atoms with Crippen molar-refractivity contribution in [3.05, 3.63) is 72.2 Å². The summed E-state index contributed by atoms with van der Waals surface area (Å²) in [6.07, 6.45) is 12.8. The Morgan fingerprint density at radius 3 is 2.67 bits per heavy atom. The molecule has 4 heterocycles. The van der Waals surface area contributed by atoms with E-state index < -0.39 is 0 Å². The predicted octanol–water partition coefficient (Wildman–Crippen LogP) is 2.70. The molecule has 0 saturated heterocycles. The van der Waals surface area contributed by atoms with E-state index in [-0.39, 0.29) is 18.3 Å².